The molecule has 1 fully saturated rings. The quantitative estimate of drug-likeness (QED) is 0.777. The molecule has 0 bridgehead atoms. The molecule has 1 aliphatic rings. The molecule has 4 heteroatoms. The van der Waals surface area contributed by atoms with E-state index in [1.165, 1.54) is 24.2 Å². The van der Waals surface area contributed by atoms with Gasteiger partial charge in [-0.3, -0.25) is 10.2 Å². The van der Waals surface area contributed by atoms with E-state index in [0.29, 0.717) is 0 Å². The fourth-order valence-corrected chi connectivity index (χ4v) is 2.05. The van der Waals surface area contributed by atoms with Gasteiger partial charge in [-0.1, -0.05) is 6.07 Å². The Bertz CT molecular complexity index is 278. The van der Waals surface area contributed by atoms with E-state index >= 15 is 0 Å². The van der Waals surface area contributed by atoms with Crippen LogP contribution < -0.4 is 5.43 Å². The Hall–Kier alpha value is -0.870. The lowest BCUT2D eigenvalue weighted by atomic mass is 10.4. The van der Waals surface area contributed by atoms with Crippen LogP contribution in [0.2, 0.25) is 0 Å². The van der Waals surface area contributed by atoms with Crippen molar-refractivity contribution in [3.63, 3.8) is 0 Å². The van der Waals surface area contributed by atoms with Crippen molar-refractivity contribution in [3.8, 4) is 0 Å². The number of nitrogens with one attached hydrogen (secondary N) is 1. The van der Waals surface area contributed by atoms with Gasteiger partial charge < -0.3 is 0 Å². The van der Waals surface area contributed by atoms with Crippen LogP contribution in [-0.4, -0.2) is 24.0 Å². The number of carbonyl (C=O) groups excluding carboxylic acids is 1. The summed E-state index contributed by atoms with van der Waals surface area (Å²) in [5.41, 5.74) is 2.89. The molecule has 13 heavy (non-hydrogen) atoms. The Morgan fingerprint density at radius 1 is 1.46 bits per heavy atom. The largest absolute Gasteiger partial charge is 0.284 e. The Labute approximate surface area is 81.3 Å². The predicted molar refractivity (Wildman–Crippen MR) is 52.6 cm³/mol. The molecular formula is C9H12N2OS. The van der Waals surface area contributed by atoms with Crippen LogP contribution in [0, 0.1) is 0 Å². The maximum absolute atomic E-state index is 11.5. The molecule has 0 aliphatic carbocycles. The molecule has 2 rings (SSSR count). The van der Waals surface area contributed by atoms with E-state index < -0.39 is 0 Å². The van der Waals surface area contributed by atoms with E-state index in [2.05, 4.69) is 5.43 Å². The molecule has 0 atom stereocenters. The topological polar surface area (TPSA) is 32.3 Å². The summed E-state index contributed by atoms with van der Waals surface area (Å²) in [7, 11) is 0. The highest BCUT2D eigenvalue weighted by Gasteiger charge is 2.15. The second-order valence-electron chi connectivity index (χ2n) is 3.11. The molecule has 1 aromatic heterocycles. The van der Waals surface area contributed by atoms with Crippen molar-refractivity contribution in [1.82, 2.24) is 10.4 Å². The zero-order chi connectivity index (χ0) is 9.10. The van der Waals surface area contributed by atoms with Gasteiger partial charge in [0.25, 0.3) is 5.91 Å². The maximum atomic E-state index is 11.5. The predicted octanol–water partition coefficient (Wildman–Crippen LogP) is 1.49. The minimum Gasteiger partial charge on any atom is -0.284 e. The molecule has 1 saturated heterocycles. The van der Waals surface area contributed by atoms with Gasteiger partial charge in [-0.15, -0.1) is 11.3 Å². The van der Waals surface area contributed by atoms with Crippen molar-refractivity contribution in [2.45, 2.75) is 12.8 Å². The minimum atomic E-state index is 0.0249. The maximum Gasteiger partial charge on any atom is 0.275 e. The number of nitrogens with zero attached hydrogens (tertiary/aromatic N) is 1. The lowest BCUT2D eigenvalue weighted by Gasteiger charge is -2.14. The molecule has 0 spiro atoms. The van der Waals surface area contributed by atoms with Crippen molar-refractivity contribution in [3.05, 3.63) is 22.4 Å². The van der Waals surface area contributed by atoms with E-state index in [-0.39, 0.29) is 5.91 Å². The number of thiophene rings is 1. The molecule has 1 amide bonds. The molecule has 3 nitrogen and oxygen atoms in total. The van der Waals surface area contributed by atoms with Crippen LogP contribution in [0.4, 0.5) is 0 Å². The van der Waals surface area contributed by atoms with E-state index in [0.717, 1.165) is 18.0 Å². The Morgan fingerprint density at radius 2 is 2.23 bits per heavy atom. The summed E-state index contributed by atoms with van der Waals surface area (Å²) in [5, 5.41) is 3.90. The second-order valence-corrected chi connectivity index (χ2v) is 4.06. The number of carbonyl (C=O) groups is 1. The summed E-state index contributed by atoms with van der Waals surface area (Å²) in [6.45, 7) is 1.97. The minimum absolute atomic E-state index is 0.0249. The summed E-state index contributed by atoms with van der Waals surface area (Å²) in [6, 6.07) is 3.74. The van der Waals surface area contributed by atoms with Gasteiger partial charge in [0.15, 0.2) is 0 Å². The normalized spacial score (nSPS) is 17.5. The van der Waals surface area contributed by atoms with Crippen LogP contribution >= 0.6 is 11.3 Å². The number of amides is 1. The van der Waals surface area contributed by atoms with E-state index in [1.54, 1.807) is 0 Å². The summed E-state index contributed by atoms with van der Waals surface area (Å²) in [4.78, 5) is 12.3. The highest BCUT2D eigenvalue weighted by molar-refractivity contribution is 7.12. The van der Waals surface area contributed by atoms with E-state index in [4.69, 9.17) is 0 Å². The molecule has 1 aromatic rings. The fourth-order valence-electron chi connectivity index (χ4n) is 1.44. The summed E-state index contributed by atoms with van der Waals surface area (Å²) < 4.78 is 0. The molecule has 0 radical (unpaired) electrons. The SMILES string of the molecule is O=C(NN1CCCC1)c1cccs1. The van der Waals surface area contributed by atoms with Crippen molar-refractivity contribution in [2.24, 2.45) is 0 Å². The Balaban J connectivity index is 1.91. The lowest BCUT2D eigenvalue weighted by Crippen LogP contribution is -2.39. The molecule has 0 saturated carbocycles. The summed E-state index contributed by atoms with van der Waals surface area (Å²) in [6.07, 6.45) is 2.37. The van der Waals surface area contributed by atoms with Crippen molar-refractivity contribution >= 4 is 17.2 Å². The summed E-state index contributed by atoms with van der Waals surface area (Å²) >= 11 is 1.48. The highest BCUT2D eigenvalue weighted by atomic mass is 32.1. The van der Waals surface area contributed by atoms with Gasteiger partial charge in [0.05, 0.1) is 4.88 Å². The number of hydrogen-bond donors (Lipinski definition) is 1. The van der Waals surface area contributed by atoms with Crippen LogP contribution in [0.1, 0.15) is 22.5 Å². The third-order valence-corrected chi connectivity index (χ3v) is 2.98. The lowest BCUT2D eigenvalue weighted by molar-refractivity contribution is 0.0830. The zero-order valence-corrected chi connectivity index (χ0v) is 8.14. The fraction of sp³-hybridized carbons (Fsp3) is 0.444. The first-order chi connectivity index (χ1) is 6.36. The number of hydrogen-bond acceptors (Lipinski definition) is 3. The first-order valence-corrected chi connectivity index (χ1v) is 5.34. The van der Waals surface area contributed by atoms with Gasteiger partial charge in [-0.2, -0.15) is 0 Å². The monoisotopic (exact) mass is 196 g/mol. The molecule has 0 unspecified atom stereocenters. The van der Waals surface area contributed by atoms with Gasteiger partial charge in [0.1, 0.15) is 0 Å². The third-order valence-electron chi connectivity index (χ3n) is 2.11. The van der Waals surface area contributed by atoms with Gasteiger partial charge in [0, 0.05) is 13.1 Å². The van der Waals surface area contributed by atoms with Crippen LogP contribution in [0.25, 0.3) is 0 Å². The Kier molecular flexibility index (Phi) is 2.61. The summed E-state index contributed by atoms with van der Waals surface area (Å²) in [5.74, 6) is 0.0249. The number of rotatable bonds is 2. The van der Waals surface area contributed by atoms with Gasteiger partial charge in [-0.25, -0.2) is 5.01 Å². The second kappa shape index (κ2) is 3.89. The first kappa shape index (κ1) is 8.72. The van der Waals surface area contributed by atoms with E-state index in [9.17, 15) is 4.79 Å². The van der Waals surface area contributed by atoms with Crippen molar-refractivity contribution in [1.29, 1.82) is 0 Å². The van der Waals surface area contributed by atoms with Crippen LogP contribution in [-0.2, 0) is 0 Å². The molecule has 0 aromatic carbocycles. The molecule has 70 valence electrons. The molecule has 1 N–H and O–H groups in total. The van der Waals surface area contributed by atoms with Crippen molar-refractivity contribution < 1.29 is 4.79 Å². The average Bonchev–Trinajstić information content (AvgIpc) is 2.74. The van der Waals surface area contributed by atoms with Crippen LogP contribution in [0.15, 0.2) is 17.5 Å². The first-order valence-electron chi connectivity index (χ1n) is 4.46. The Morgan fingerprint density at radius 3 is 2.85 bits per heavy atom. The van der Waals surface area contributed by atoms with Gasteiger partial charge in [0.2, 0.25) is 0 Å². The molecule has 2 heterocycles. The smallest absolute Gasteiger partial charge is 0.275 e. The van der Waals surface area contributed by atoms with Gasteiger partial charge >= 0.3 is 0 Å². The molecule has 1 aliphatic heterocycles. The molecular weight excluding hydrogens is 184 g/mol. The van der Waals surface area contributed by atoms with E-state index in [1.807, 2.05) is 22.5 Å². The average molecular weight is 196 g/mol. The van der Waals surface area contributed by atoms with Crippen LogP contribution in [0.5, 0.6) is 0 Å². The van der Waals surface area contributed by atoms with Crippen molar-refractivity contribution in [2.75, 3.05) is 13.1 Å². The standard InChI is InChI=1S/C9H12N2OS/c12-9(8-4-3-7-13-8)10-11-5-1-2-6-11/h3-4,7H,1-2,5-6H2,(H,10,12). The number of hydrazine groups is 1. The third kappa shape index (κ3) is 2.08. The zero-order valence-electron chi connectivity index (χ0n) is 7.32. The van der Waals surface area contributed by atoms with Gasteiger partial charge in [-0.05, 0) is 24.3 Å². The van der Waals surface area contributed by atoms with Crippen LogP contribution in [0.3, 0.4) is 0 Å². The highest BCUT2D eigenvalue weighted by Crippen LogP contribution is 2.09.